The molecule has 0 bridgehead atoms. The van der Waals surface area contributed by atoms with E-state index in [2.05, 4.69) is 41.5 Å². The topological polar surface area (TPSA) is 67.2 Å². The lowest BCUT2D eigenvalue weighted by molar-refractivity contribution is 0.422. The smallest absolute Gasteiger partial charge is 0.214 e. The van der Waals surface area contributed by atoms with Crippen LogP contribution in [-0.2, 0) is 10.0 Å². The Hall–Kier alpha value is -1.70. The second kappa shape index (κ2) is 7.04. The Labute approximate surface area is 143 Å². The van der Waals surface area contributed by atoms with Gasteiger partial charge in [-0.25, -0.2) is 17.7 Å². The third-order valence-corrected chi connectivity index (χ3v) is 6.47. The SMILES string of the molecule is Cc1nccn1-c1ccc([C@H](C)NCCN2CCCS2(=O)=O)cc1. The molecule has 3 rings (SSSR count). The lowest BCUT2D eigenvalue weighted by Crippen LogP contribution is -2.34. The molecule has 1 aromatic carbocycles. The average molecular weight is 348 g/mol. The zero-order valence-corrected chi connectivity index (χ0v) is 15.0. The summed E-state index contributed by atoms with van der Waals surface area (Å²) in [6, 6.07) is 8.52. The minimum absolute atomic E-state index is 0.174. The van der Waals surface area contributed by atoms with Crippen LogP contribution in [0.3, 0.4) is 0 Å². The normalized spacial score (nSPS) is 18.8. The number of benzene rings is 1. The van der Waals surface area contributed by atoms with Crippen molar-refractivity contribution < 1.29 is 8.42 Å². The first-order valence-corrected chi connectivity index (χ1v) is 9.90. The van der Waals surface area contributed by atoms with Gasteiger partial charge in [-0.05, 0) is 38.0 Å². The minimum atomic E-state index is -3.00. The molecule has 1 aliphatic heterocycles. The van der Waals surface area contributed by atoms with E-state index in [1.165, 1.54) is 5.56 Å². The Balaban J connectivity index is 1.55. The number of rotatable bonds is 6. The van der Waals surface area contributed by atoms with Gasteiger partial charge in [0.2, 0.25) is 10.0 Å². The molecule has 1 aliphatic rings. The number of sulfonamides is 1. The fourth-order valence-corrected chi connectivity index (χ4v) is 4.57. The molecule has 0 radical (unpaired) electrons. The van der Waals surface area contributed by atoms with Crippen LogP contribution in [0.15, 0.2) is 36.7 Å². The van der Waals surface area contributed by atoms with Crippen LogP contribution in [0.2, 0.25) is 0 Å². The first-order chi connectivity index (χ1) is 11.5. The number of nitrogens with zero attached hydrogens (tertiary/aromatic N) is 3. The zero-order chi connectivity index (χ0) is 17.2. The molecule has 1 atom stereocenters. The van der Waals surface area contributed by atoms with Crippen LogP contribution < -0.4 is 5.32 Å². The van der Waals surface area contributed by atoms with Crippen molar-refractivity contribution in [2.24, 2.45) is 0 Å². The summed E-state index contributed by atoms with van der Waals surface area (Å²) in [5.74, 6) is 1.25. The number of imidazole rings is 1. The first kappa shape index (κ1) is 17.1. The monoisotopic (exact) mass is 348 g/mol. The highest BCUT2D eigenvalue weighted by Crippen LogP contribution is 2.17. The van der Waals surface area contributed by atoms with Crippen LogP contribution >= 0.6 is 0 Å². The van der Waals surface area contributed by atoms with Crippen LogP contribution in [0.4, 0.5) is 0 Å². The molecule has 1 N–H and O–H groups in total. The van der Waals surface area contributed by atoms with Gasteiger partial charge in [0.25, 0.3) is 0 Å². The molecule has 7 heteroatoms. The third-order valence-electron chi connectivity index (χ3n) is 4.51. The van der Waals surface area contributed by atoms with Crippen LogP contribution in [0, 0.1) is 6.92 Å². The van der Waals surface area contributed by atoms with Crippen LogP contribution in [-0.4, -0.2) is 47.7 Å². The van der Waals surface area contributed by atoms with E-state index in [9.17, 15) is 8.42 Å². The van der Waals surface area contributed by atoms with E-state index in [1.807, 2.05) is 17.7 Å². The van der Waals surface area contributed by atoms with Crippen molar-refractivity contribution in [3.05, 3.63) is 48.0 Å². The lowest BCUT2D eigenvalue weighted by atomic mass is 10.1. The van der Waals surface area contributed by atoms with Gasteiger partial charge in [-0.2, -0.15) is 0 Å². The van der Waals surface area contributed by atoms with Crippen LogP contribution in [0.5, 0.6) is 0 Å². The van der Waals surface area contributed by atoms with E-state index in [4.69, 9.17) is 0 Å². The Morgan fingerprint density at radius 3 is 2.62 bits per heavy atom. The molecule has 1 fully saturated rings. The molecule has 1 saturated heterocycles. The van der Waals surface area contributed by atoms with Crippen molar-refractivity contribution in [3.8, 4) is 5.69 Å². The zero-order valence-electron chi connectivity index (χ0n) is 14.1. The third kappa shape index (κ3) is 3.68. The quantitative estimate of drug-likeness (QED) is 0.865. The van der Waals surface area contributed by atoms with Crippen molar-refractivity contribution in [1.29, 1.82) is 0 Å². The fraction of sp³-hybridized carbons (Fsp3) is 0.471. The molecular weight excluding hydrogens is 324 g/mol. The fourth-order valence-electron chi connectivity index (χ4n) is 3.04. The number of hydrogen-bond donors (Lipinski definition) is 1. The molecule has 130 valence electrons. The second-order valence-corrected chi connectivity index (χ2v) is 8.27. The van der Waals surface area contributed by atoms with Crippen molar-refractivity contribution in [3.63, 3.8) is 0 Å². The maximum atomic E-state index is 11.8. The van der Waals surface area contributed by atoms with E-state index >= 15 is 0 Å². The molecule has 24 heavy (non-hydrogen) atoms. The van der Waals surface area contributed by atoms with Gasteiger partial charge >= 0.3 is 0 Å². The van der Waals surface area contributed by atoms with Gasteiger partial charge in [0.05, 0.1) is 5.75 Å². The molecule has 2 heterocycles. The Morgan fingerprint density at radius 2 is 2.04 bits per heavy atom. The van der Waals surface area contributed by atoms with Crippen LogP contribution in [0.1, 0.15) is 30.8 Å². The van der Waals surface area contributed by atoms with Crippen molar-refractivity contribution in [1.82, 2.24) is 19.2 Å². The Morgan fingerprint density at radius 1 is 1.29 bits per heavy atom. The van der Waals surface area contributed by atoms with Gasteiger partial charge in [-0.15, -0.1) is 0 Å². The summed E-state index contributed by atoms with van der Waals surface area (Å²) >= 11 is 0. The van der Waals surface area contributed by atoms with E-state index in [-0.39, 0.29) is 11.8 Å². The summed E-state index contributed by atoms with van der Waals surface area (Å²) in [4.78, 5) is 4.24. The van der Waals surface area contributed by atoms with Crippen molar-refractivity contribution >= 4 is 10.0 Å². The molecule has 0 unspecified atom stereocenters. The number of aromatic nitrogens is 2. The van der Waals surface area contributed by atoms with Gasteiger partial charge in [0.1, 0.15) is 5.82 Å². The lowest BCUT2D eigenvalue weighted by Gasteiger charge is -2.18. The van der Waals surface area contributed by atoms with Crippen molar-refractivity contribution in [2.45, 2.75) is 26.3 Å². The van der Waals surface area contributed by atoms with E-state index in [0.29, 0.717) is 19.6 Å². The Kier molecular flexibility index (Phi) is 5.03. The highest BCUT2D eigenvalue weighted by atomic mass is 32.2. The molecular formula is C17H24N4O2S. The summed E-state index contributed by atoms with van der Waals surface area (Å²) in [6.45, 7) is 5.92. The van der Waals surface area contributed by atoms with E-state index in [1.54, 1.807) is 10.5 Å². The highest BCUT2D eigenvalue weighted by molar-refractivity contribution is 7.89. The van der Waals surface area contributed by atoms with Crippen molar-refractivity contribution in [2.75, 3.05) is 25.4 Å². The number of aryl methyl sites for hydroxylation is 1. The average Bonchev–Trinajstić information content (AvgIpc) is 3.13. The predicted octanol–water partition coefficient (Wildman–Crippen LogP) is 1.87. The van der Waals surface area contributed by atoms with Gasteiger partial charge in [-0.3, -0.25) is 0 Å². The standard InChI is InChI=1S/C17H24N4O2S/c1-14(18-8-11-20-10-3-13-24(20,22)23)16-4-6-17(7-5-16)21-12-9-19-15(21)2/h4-7,9,12,14,18H,3,8,10-11,13H2,1-2H3/t14-/m0/s1. The molecule has 0 spiro atoms. The first-order valence-electron chi connectivity index (χ1n) is 8.29. The molecule has 0 aliphatic carbocycles. The molecule has 1 aromatic heterocycles. The largest absolute Gasteiger partial charge is 0.309 e. The molecule has 6 nitrogen and oxygen atoms in total. The second-order valence-electron chi connectivity index (χ2n) is 6.18. The highest BCUT2D eigenvalue weighted by Gasteiger charge is 2.27. The molecule has 0 saturated carbocycles. The summed E-state index contributed by atoms with van der Waals surface area (Å²) < 4.78 is 27.2. The van der Waals surface area contributed by atoms with E-state index < -0.39 is 10.0 Å². The summed E-state index contributed by atoms with van der Waals surface area (Å²) in [7, 11) is -3.00. The Bertz CT molecular complexity index is 783. The minimum Gasteiger partial charge on any atom is -0.309 e. The maximum Gasteiger partial charge on any atom is 0.214 e. The van der Waals surface area contributed by atoms with Gasteiger partial charge in [0.15, 0.2) is 0 Å². The van der Waals surface area contributed by atoms with Gasteiger partial charge < -0.3 is 9.88 Å². The predicted molar refractivity (Wildman–Crippen MR) is 94.7 cm³/mol. The molecule has 0 amide bonds. The maximum absolute atomic E-state index is 11.8. The van der Waals surface area contributed by atoms with Crippen LogP contribution in [0.25, 0.3) is 5.69 Å². The summed E-state index contributed by atoms with van der Waals surface area (Å²) in [6.07, 6.45) is 4.48. The van der Waals surface area contributed by atoms with Gasteiger partial charge in [-0.1, -0.05) is 12.1 Å². The summed E-state index contributed by atoms with van der Waals surface area (Å²) in [5, 5.41) is 3.40. The summed E-state index contributed by atoms with van der Waals surface area (Å²) in [5.41, 5.74) is 2.27. The van der Waals surface area contributed by atoms with E-state index in [0.717, 1.165) is 17.9 Å². The van der Waals surface area contributed by atoms with Gasteiger partial charge in [0, 0.05) is 43.8 Å². The molecule has 2 aromatic rings. The number of hydrogen-bond acceptors (Lipinski definition) is 4. The number of nitrogens with one attached hydrogen (secondary N) is 1.